The van der Waals surface area contributed by atoms with Gasteiger partial charge in [0.05, 0.1) is 0 Å². The maximum Gasteiger partial charge on any atom is 0.131 e. The molecule has 0 amide bonds. The molecule has 0 saturated heterocycles. The molecule has 0 spiro atoms. The number of allylic oxidation sites excluding steroid dienone is 1. The van der Waals surface area contributed by atoms with E-state index in [4.69, 9.17) is 0 Å². The molecule has 0 atom stereocenters. The zero-order valence-corrected chi connectivity index (χ0v) is 9.15. The van der Waals surface area contributed by atoms with Gasteiger partial charge in [0, 0.05) is 5.56 Å². The van der Waals surface area contributed by atoms with Crippen LogP contribution in [-0.2, 0) is 0 Å². The van der Waals surface area contributed by atoms with E-state index in [0.29, 0.717) is 5.56 Å². The summed E-state index contributed by atoms with van der Waals surface area (Å²) in [4.78, 5) is 0. The van der Waals surface area contributed by atoms with Crippen molar-refractivity contribution in [2.75, 3.05) is 0 Å². The van der Waals surface area contributed by atoms with Crippen LogP contribution in [0, 0.1) is 5.82 Å². The van der Waals surface area contributed by atoms with Crippen LogP contribution in [0.1, 0.15) is 12.5 Å². The fourth-order valence-corrected chi connectivity index (χ4v) is 1.68. The van der Waals surface area contributed by atoms with Crippen molar-refractivity contribution in [2.24, 2.45) is 0 Å². The van der Waals surface area contributed by atoms with Crippen LogP contribution in [0.2, 0.25) is 0 Å². The molecule has 0 aromatic heterocycles. The van der Waals surface area contributed by atoms with Crippen molar-refractivity contribution in [1.82, 2.24) is 0 Å². The third-order valence-corrected chi connectivity index (χ3v) is 2.44. The fourth-order valence-electron chi connectivity index (χ4n) is 1.68. The van der Waals surface area contributed by atoms with Gasteiger partial charge in [-0.05, 0) is 24.1 Å². The molecule has 0 radical (unpaired) electrons. The Labute approximate surface area is 95.1 Å². The second-order valence-corrected chi connectivity index (χ2v) is 3.61. The van der Waals surface area contributed by atoms with Gasteiger partial charge in [0.2, 0.25) is 0 Å². The Morgan fingerprint density at radius 2 is 1.75 bits per heavy atom. The van der Waals surface area contributed by atoms with Crippen molar-refractivity contribution in [3.05, 3.63) is 66.0 Å². The zero-order valence-electron chi connectivity index (χ0n) is 9.15. The fraction of sp³-hybridized carbons (Fsp3) is 0.0667. The van der Waals surface area contributed by atoms with Crippen LogP contribution < -0.4 is 0 Å². The highest BCUT2D eigenvalue weighted by molar-refractivity contribution is 5.66. The maximum absolute atomic E-state index is 13.8. The molecule has 16 heavy (non-hydrogen) atoms. The smallest absolute Gasteiger partial charge is 0.131 e. The highest BCUT2D eigenvalue weighted by Crippen LogP contribution is 2.23. The predicted molar refractivity (Wildman–Crippen MR) is 66.5 cm³/mol. The van der Waals surface area contributed by atoms with Crippen LogP contribution >= 0.6 is 0 Å². The van der Waals surface area contributed by atoms with Crippen LogP contribution in [0.4, 0.5) is 4.39 Å². The van der Waals surface area contributed by atoms with Crippen LogP contribution in [0.25, 0.3) is 17.2 Å². The summed E-state index contributed by atoms with van der Waals surface area (Å²) >= 11 is 0. The van der Waals surface area contributed by atoms with Gasteiger partial charge in [0.1, 0.15) is 5.82 Å². The van der Waals surface area contributed by atoms with E-state index in [0.717, 1.165) is 11.1 Å². The quantitative estimate of drug-likeness (QED) is 0.686. The second kappa shape index (κ2) is 4.75. The average molecular weight is 212 g/mol. The van der Waals surface area contributed by atoms with Crippen molar-refractivity contribution in [2.45, 2.75) is 6.92 Å². The van der Waals surface area contributed by atoms with Gasteiger partial charge in [-0.1, -0.05) is 54.6 Å². The average Bonchev–Trinajstić information content (AvgIpc) is 2.31. The largest absolute Gasteiger partial charge is 0.206 e. The molecule has 2 rings (SSSR count). The van der Waals surface area contributed by atoms with Gasteiger partial charge in [-0.2, -0.15) is 0 Å². The number of benzene rings is 2. The van der Waals surface area contributed by atoms with Crippen LogP contribution in [0.15, 0.2) is 54.6 Å². The predicted octanol–water partition coefficient (Wildman–Crippen LogP) is 4.53. The molecule has 2 aromatic carbocycles. The van der Waals surface area contributed by atoms with E-state index >= 15 is 0 Å². The molecule has 0 N–H and O–H groups in total. The lowest BCUT2D eigenvalue weighted by Crippen LogP contribution is -1.85. The summed E-state index contributed by atoms with van der Waals surface area (Å²) in [5.74, 6) is -0.179. The van der Waals surface area contributed by atoms with Gasteiger partial charge < -0.3 is 0 Å². The lowest BCUT2D eigenvalue weighted by molar-refractivity contribution is 0.631. The van der Waals surface area contributed by atoms with E-state index < -0.39 is 0 Å². The minimum atomic E-state index is -0.179. The van der Waals surface area contributed by atoms with Gasteiger partial charge in [-0.25, -0.2) is 4.39 Å². The molecular formula is C15H13F. The Kier molecular flexibility index (Phi) is 3.16. The minimum absolute atomic E-state index is 0.179. The molecule has 0 bridgehead atoms. The third-order valence-electron chi connectivity index (χ3n) is 2.44. The highest BCUT2D eigenvalue weighted by Gasteiger charge is 2.04. The molecule has 2 aromatic rings. The first kappa shape index (κ1) is 10.6. The van der Waals surface area contributed by atoms with Crippen molar-refractivity contribution in [1.29, 1.82) is 0 Å². The van der Waals surface area contributed by atoms with Crippen LogP contribution in [0.5, 0.6) is 0 Å². The Balaban J connectivity index is 2.44. The number of hydrogen-bond acceptors (Lipinski definition) is 0. The van der Waals surface area contributed by atoms with E-state index in [1.807, 2.05) is 61.5 Å². The first-order chi connectivity index (χ1) is 7.81. The van der Waals surface area contributed by atoms with Crippen LogP contribution in [-0.4, -0.2) is 0 Å². The Hall–Kier alpha value is -1.89. The zero-order chi connectivity index (χ0) is 11.4. The summed E-state index contributed by atoms with van der Waals surface area (Å²) in [6.45, 7) is 1.92. The van der Waals surface area contributed by atoms with E-state index in [2.05, 4.69) is 0 Å². The first-order valence-corrected chi connectivity index (χ1v) is 5.29. The molecule has 0 aliphatic carbocycles. The van der Waals surface area contributed by atoms with Crippen molar-refractivity contribution >= 4 is 6.08 Å². The van der Waals surface area contributed by atoms with Gasteiger partial charge in [-0.15, -0.1) is 0 Å². The molecular weight excluding hydrogens is 199 g/mol. The molecule has 0 aliphatic rings. The SMILES string of the molecule is C/C=C/c1ccc(-c2ccccc2)c(F)c1. The van der Waals surface area contributed by atoms with E-state index in [-0.39, 0.29) is 5.82 Å². The van der Waals surface area contributed by atoms with Gasteiger partial charge in [0.25, 0.3) is 0 Å². The summed E-state index contributed by atoms with van der Waals surface area (Å²) < 4.78 is 13.8. The van der Waals surface area contributed by atoms with Gasteiger partial charge >= 0.3 is 0 Å². The van der Waals surface area contributed by atoms with E-state index in [1.165, 1.54) is 0 Å². The summed E-state index contributed by atoms with van der Waals surface area (Å²) in [5, 5.41) is 0. The Bertz CT molecular complexity index is 498. The highest BCUT2D eigenvalue weighted by atomic mass is 19.1. The second-order valence-electron chi connectivity index (χ2n) is 3.61. The number of halogens is 1. The third kappa shape index (κ3) is 2.19. The normalized spacial score (nSPS) is 10.9. The topological polar surface area (TPSA) is 0 Å². The van der Waals surface area contributed by atoms with Crippen molar-refractivity contribution in [3.63, 3.8) is 0 Å². The summed E-state index contributed by atoms with van der Waals surface area (Å²) in [5.41, 5.74) is 2.44. The molecule has 1 heteroatoms. The Morgan fingerprint density at radius 3 is 2.38 bits per heavy atom. The molecule has 0 nitrogen and oxygen atoms in total. The van der Waals surface area contributed by atoms with Gasteiger partial charge in [0.15, 0.2) is 0 Å². The number of hydrogen-bond donors (Lipinski definition) is 0. The van der Waals surface area contributed by atoms with Gasteiger partial charge in [-0.3, -0.25) is 0 Å². The molecule has 80 valence electrons. The summed E-state index contributed by atoms with van der Waals surface area (Å²) in [6.07, 6.45) is 3.79. The standard InChI is InChI=1S/C15H13F/c1-2-6-12-9-10-14(15(16)11-12)13-7-4-3-5-8-13/h2-11H,1H3/b6-2+. The monoisotopic (exact) mass is 212 g/mol. The lowest BCUT2D eigenvalue weighted by atomic mass is 10.0. The van der Waals surface area contributed by atoms with Crippen molar-refractivity contribution in [3.8, 4) is 11.1 Å². The molecule has 0 fully saturated rings. The first-order valence-electron chi connectivity index (χ1n) is 5.29. The van der Waals surface area contributed by atoms with Crippen molar-refractivity contribution < 1.29 is 4.39 Å². The minimum Gasteiger partial charge on any atom is -0.206 e. The molecule has 0 heterocycles. The van der Waals surface area contributed by atoms with E-state index in [1.54, 1.807) is 6.07 Å². The molecule has 0 aliphatic heterocycles. The summed E-state index contributed by atoms with van der Waals surface area (Å²) in [6, 6.07) is 14.9. The summed E-state index contributed by atoms with van der Waals surface area (Å²) in [7, 11) is 0. The van der Waals surface area contributed by atoms with Crippen LogP contribution in [0.3, 0.4) is 0 Å². The maximum atomic E-state index is 13.8. The lowest BCUT2D eigenvalue weighted by Gasteiger charge is -2.04. The van der Waals surface area contributed by atoms with E-state index in [9.17, 15) is 4.39 Å². The number of rotatable bonds is 2. The Morgan fingerprint density at radius 1 is 1.00 bits per heavy atom. The molecule has 0 saturated carbocycles. The molecule has 0 unspecified atom stereocenters.